The normalized spacial score (nSPS) is 10.9. The van der Waals surface area contributed by atoms with Crippen LogP contribution in [-0.4, -0.2) is 45.7 Å². The minimum Gasteiger partial charge on any atom is -0.493 e. The Balaban J connectivity index is 1.42. The van der Waals surface area contributed by atoms with Gasteiger partial charge < -0.3 is 19.8 Å². The molecular formula is C25H21N5O4S. The molecule has 0 bridgehead atoms. The van der Waals surface area contributed by atoms with Crippen molar-refractivity contribution in [3.63, 3.8) is 0 Å². The molecule has 5 rings (SSSR count). The van der Waals surface area contributed by atoms with E-state index in [2.05, 4.69) is 20.4 Å². The van der Waals surface area contributed by atoms with Gasteiger partial charge in [-0.15, -0.1) is 11.3 Å². The lowest BCUT2D eigenvalue weighted by Gasteiger charge is -2.08. The average Bonchev–Trinajstić information content (AvgIpc) is 3.61. The number of amides is 1. The van der Waals surface area contributed by atoms with Crippen LogP contribution >= 0.6 is 11.3 Å². The van der Waals surface area contributed by atoms with Gasteiger partial charge in [0.25, 0.3) is 11.7 Å². The van der Waals surface area contributed by atoms with Crippen LogP contribution in [0.3, 0.4) is 0 Å². The van der Waals surface area contributed by atoms with Crippen LogP contribution in [0.4, 0.5) is 5.82 Å². The number of carbonyl (C=O) groups is 2. The Kier molecular flexibility index (Phi) is 5.79. The van der Waals surface area contributed by atoms with Gasteiger partial charge in [0.2, 0.25) is 5.13 Å². The third-order valence-electron chi connectivity index (χ3n) is 5.47. The van der Waals surface area contributed by atoms with Crippen molar-refractivity contribution in [1.82, 2.24) is 19.7 Å². The highest BCUT2D eigenvalue weighted by Crippen LogP contribution is 2.33. The SMILES string of the molecule is COc1ccc(-c2csc(-n3nc(C)cc3NC(=O)C(=O)c3c[nH]c4ccccc34)n2)cc1OC. The fourth-order valence-electron chi connectivity index (χ4n) is 3.78. The zero-order valence-corrected chi connectivity index (χ0v) is 20.0. The number of nitrogens with one attached hydrogen (secondary N) is 2. The number of nitrogens with zero attached hydrogens (tertiary/aromatic N) is 3. The summed E-state index contributed by atoms with van der Waals surface area (Å²) in [5, 5.41) is 10.3. The van der Waals surface area contributed by atoms with Crippen LogP contribution in [0.5, 0.6) is 11.5 Å². The predicted molar refractivity (Wildman–Crippen MR) is 134 cm³/mol. The molecule has 3 heterocycles. The molecule has 1 amide bonds. The van der Waals surface area contributed by atoms with Crippen molar-refractivity contribution in [2.45, 2.75) is 6.92 Å². The number of para-hydroxylation sites is 1. The van der Waals surface area contributed by atoms with Crippen LogP contribution in [0.15, 0.2) is 60.1 Å². The van der Waals surface area contributed by atoms with E-state index in [4.69, 9.17) is 9.47 Å². The standard InChI is InChI=1S/C25H21N5O4S/c1-14-10-22(28-24(32)23(31)17-12-26-18-7-5-4-6-16(17)18)30(29-14)25-27-19(13-35-25)15-8-9-20(33-2)21(11-15)34-3/h4-13,26H,1-3H3,(H,28,32). The first-order valence-electron chi connectivity index (χ1n) is 10.6. The summed E-state index contributed by atoms with van der Waals surface area (Å²) in [6.07, 6.45) is 1.55. The number of ketones is 1. The van der Waals surface area contributed by atoms with E-state index >= 15 is 0 Å². The predicted octanol–water partition coefficient (Wildman–Crippen LogP) is 4.62. The number of anilines is 1. The van der Waals surface area contributed by atoms with Gasteiger partial charge in [-0.1, -0.05) is 18.2 Å². The lowest BCUT2D eigenvalue weighted by Crippen LogP contribution is -2.24. The van der Waals surface area contributed by atoms with Gasteiger partial charge in [-0.25, -0.2) is 4.98 Å². The Labute approximate surface area is 204 Å². The molecule has 35 heavy (non-hydrogen) atoms. The molecule has 5 aromatic rings. The molecule has 176 valence electrons. The zero-order chi connectivity index (χ0) is 24.5. The molecule has 0 saturated heterocycles. The van der Waals surface area contributed by atoms with Crippen molar-refractivity contribution in [1.29, 1.82) is 0 Å². The third-order valence-corrected chi connectivity index (χ3v) is 6.28. The fourth-order valence-corrected chi connectivity index (χ4v) is 4.57. The van der Waals surface area contributed by atoms with Gasteiger partial charge >= 0.3 is 0 Å². The number of fused-ring (bicyclic) bond motifs is 1. The van der Waals surface area contributed by atoms with E-state index in [0.717, 1.165) is 11.1 Å². The van der Waals surface area contributed by atoms with E-state index in [9.17, 15) is 9.59 Å². The van der Waals surface area contributed by atoms with Crippen molar-refractivity contribution >= 4 is 39.7 Å². The van der Waals surface area contributed by atoms with Gasteiger partial charge in [0, 0.05) is 34.1 Å². The number of aryl methyl sites for hydroxylation is 1. The molecule has 0 radical (unpaired) electrons. The summed E-state index contributed by atoms with van der Waals surface area (Å²) >= 11 is 1.36. The van der Waals surface area contributed by atoms with E-state index in [-0.39, 0.29) is 0 Å². The van der Waals surface area contributed by atoms with Gasteiger partial charge in [0.15, 0.2) is 11.5 Å². The summed E-state index contributed by atoms with van der Waals surface area (Å²) in [4.78, 5) is 33.4. The number of hydrogen-bond acceptors (Lipinski definition) is 7. The number of methoxy groups -OCH3 is 2. The number of H-pyrrole nitrogens is 1. The van der Waals surface area contributed by atoms with Crippen LogP contribution in [-0.2, 0) is 4.79 Å². The number of aromatic nitrogens is 4. The molecule has 9 nitrogen and oxygen atoms in total. The molecule has 0 fully saturated rings. The third kappa shape index (κ3) is 4.15. The van der Waals surface area contributed by atoms with E-state index in [0.29, 0.717) is 44.8 Å². The second kappa shape index (κ2) is 9.07. The molecule has 0 unspecified atom stereocenters. The number of carbonyl (C=O) groups excluding carboxylic acids is 2. The number of ether oxygens (including phenoxy) is 2. The molecule has 0 spiro atoms. The number of thiazole rings is 1. The monoisotopic (exact) mass is 487 g/mol. The maximum Gasteiger partial charge on any atom is 0.298 e. The molecule has 0 atom stereocenters. The number of aromatic amines is 1. The summed E-state index contributed by atoms with van der Waals surface area (Å²) in [5.41, 5.74) is 3.32. The Hall–Kier alpha value is -4.44. The number of hydrogen-bond donors (Lipinski definition) is 2. The molecule has 2 aromatic carbocycles. The molecule has 2 N–H and O–H groups in total. The van der Waals surface area contributed by atoms with Crippen molar-refractivity contribution in [2.24, 2.45) is 0 Å². The highest BCUT2D eigenvalue weighted by atomic mass is 32.1. The largest absolute Gasteiger partial charge is 0.493 e. The van der Waals surface area contributed by atoms with E-state index in [1.165, 1.54) is 16.0 Å². The molecule has 0 aliphatic rings. The minimum absolute atomic E-state index is 0.311. The van der Waals surface area contributed by atoms with Crippen molar-refractivity contribution in [3.8, 4) is 27.9 Å². The molecule has 0 saturated carbocycles. The van der Waals surface area contributed by atoms with Gasteiger partial charge in [-0.3, -0.25) is 9.59 Å². The summed E-state index contributed by atoms with van der Waals surface area (Å²) in [6.45, 7) is 1.80. The summed E-state index contributed by atoms with van der Waals surface area (Å²) in [5.74, 6) is 0.178. The van der Waals surface area contributed by atoms with E-state index in [1.807, 2.05) is 41.8 Å². The molecular weight excluding hydrogens is 466 g/mol. The van der Waals surface area contributed by atoms with Crippen molar-refractivity contribution in [3.05, 3.63) is 71.4 Å². The summed E-state index contributed by atoms with van der Waals surface area (Å²) in [7, 11) is 3.16. The van der Waals surface area contributed by atoms with Crippen LogP contribution in [0, 0.1) is 6.92 Å². The summed E-state index contributed by atoms with van der Waals surface area (Å²) in [6, 6.07) is 14.6. The van der Waals surface area contributed by atoms with Gasteiger partial charge in [-0.05, 0) is 31.2 Å². The van der Waals surface area contributed by atoms with Crippen LogP contribution in [0.25, 0.3) is 27.3 Å². The van der Waals surface area contributed by atoms with Crippen LogP contribution in [0.1, 0.15) is 16.1 Å². The second-order valence-electron chi connectivity index (χ2n) is 7.70. The van der Waals surface area contributed by atoms with Crippen molar-refractivity contribution in [2.75, 3.05) is 19.5 Å². The molecule has 0 aliphatic carbocycles. The summed E-state index contributed by atoms with van der Waals surface area (Å²) < 4.78 is 12.2. The Morgan fingerprint density at radius 3 is 2.66 bits per heavy atom. The Morgan fingerprint density at radius 1 is 1.06 bits per heavy atom. The van der Waals surface area contributed by atoms with E-state index in [1.54, 1.807) is 39.5 Å². The van der Waals surface area contributed by atoms with Gasteiger partial charge in [0.05, 0.1) is 31.2 Å². The molecule has 10 heteroatoms. The fraction of sp³-hybridized carbons (Fsp3) is 0.120. The average molecular weight is 488 g/mol. The lowest BCUT2D eigenvalue weighted by atomic mass is 10.1. The molecule has 0 aliphatic heterocycles. The van der Waals surface area contributed by atoms with Crippen LogP contribution in [0.2, 0.25) is 0 Å². The van der Waals surface area contributed by atoms with Gasteiger partial charge in [0.1, 0.15) is 5.82 Å². The lowest BCUT2D eigenvalue weighted by molar-refractivity contribution is -0.112. The van der Waals surface area contributed by atoms with Gasteiger partial charge in [-0.2, -0.15) is 9.78 Å². The second-order valence-corrected chi connectivity index (χ2v) is 8.54. The Bertz CT molecular complexity index is 1570. The zero-order valence-electron chi connectivity index (χ0n) is 19.2. The number of Topliss-reactive ketones (excluding diaryl/α,β-unsaturated/α-hetero) is 1. The van der Waals surface area contributed by atoms with E-state index < -0.39 is 11.7 Å². The first kappa shape index (κ1) is 22.4. The Morgan fingerprint density at radius 2 is 1.86 bits per heavy atom. The maximum atomic E-state index is 12.9. The highest BCUT2D eigenvalue weighted by Gasteiger charge is 2.22. The smallest absolute Gasteiger partial charge is 0.298 e. The quantitative estimate of drug-likeness (QED) is 0.256. The minimum atomic E-state index is -0.757. The van der Waals surface area contributed by atoms with Crippen LogP contribution < -0.4 is 14.8 Å². The first-order chi connectivity index (χ1) is 17.0. The maximum absolute atomic E-state index is 12.9. The number of rotatable bonds is 7. The highest BCUT2D eigenvalue weighted by molar-refractivity contribution is 7.12. The van der Waals surface area contributed by atoms with Crippen molar-refractivity contribution < 1.29 is 19.1 Å². The molecule has 3 aromatic heterocycles. The topological polar surface area (TPSA) is 111 Å². The number of benzene rings is 2. The first-order valence-corrected chi connectivity index (χ1v) is 11.5.